The number of ether oxygens (including phenoxy) is 1. The van der Waals surface area contributed by atoms with Gasteiger partial charge in [0, 0.05) is 5.54 Å². The molecule has 1 heterocycles. The molecule has 1 aromatic heterocycles. The van der Waals surface area contributed by atoms with Crippen molar-refractivity contribution >= 4 is 5.97 Å². The van der Waals surface area contributed by atoms with Crippen molar-refractivity contribution in [2.75, 3.05) is 13.7 Å². The molecule has 2 N–H and O–H groups in total. The molecule has 5 nitrogen and oxygen atoms in total. The van der Waals surface area contributed by atoms with E-state index in [-0.39, 0.29) is 12.1 Å². The minimum absolute atomic E-state index is 0.0740. The Bertz CT molecular complexity index is 374. The molecule has 0 aliphatic heterocycles. The maximum Gasteiger partial charge on any atom is 0.341 e. The Balaban J connectivity index is 2.63. The topological polar surface area (TPSA) is 71.7 Å². The number of nitrogens with one attached hydrogen (secondary N) is 1. The van der Waals surface area contributed by atoms with Crippen LogP contribution < -0.4 is 5.32 Å². The van der Waals surface area contributed by atoms with Gasteiger partial charge in [-0.15, -0.1) is 0 Å². The number of carbonyl (C=O) groups excluding carboxylic acids is 1. The minimum Gasteiger partial charge on any atom is -0.467 e. The van der Waals surface area contributed by atoms with E-state index in [1.165, 1.54) is 13.4 Å². The third kappa shape index (κ3) is 3.34. The summed E-state index contributed by atoms with van der Waals surface area (Å²) in [5.74, 6) is 0.236. The van der Waals surface area contributed by atoms with Crippen LogP contribution >= 0.6 is 0 Å². The Kier molecular flexibility index (Phi) is 5.37. The SMILES string of the molecule is CCC(CC)(CO)NCc1cc(C(=O)OC)co1. The van der Waals surface area contributed by atoms with Gasteiger partial charge in [0.1, 0.15) is 12.0 Å². The second-order valence-corrected chi connectivity index (χ2v) is 4.29. The van der Waals surface area contributed by atoms with Gasteiger partial charge in [0.05, 0.1) is 25.8 Å². The van der Waals surface area contributed by atoms with E-state index in [1.807, 2.05) is 13.8 Å². The molecule has 1 rings (SSSR count). The predicted molar refractivity (Wildman–Crippen MR) is 67.3 cm³/mol. The van der Waals surface area contributed by atoms with Gasteiger partial charge >= 0.3 is 5.97 Å². The van der Waals surface area contributed by atoms with E-state index in [2.05, 4.69) is 10.1 Å². The van der Waals surface area contributed by atoms with Crippen LogP contribution in [0.3, 0.4) is 0 Å². The van der Waals surface area contributed by atoms with Crippen LogP contribution in [-0.4, -0.2) is 30.3 Å². The third-order valence-electron chi connectivity index (χ3n) is 3.37. The predicted octanol–water partition coefficient (Wildman–Crippen LogP) is 1.71. The molecule has 0 radical (unpaired) electrons. The van der Waals surface area contributed by atoms with Crippen molar-refractivity contribution < 1.29 is 19.1 Å². The molecule has 0 saturated carbocycles. The first-order valence-corrected chi connectivity index (χ1v) is 6.12. The van der Waals surface area contributed by atoms with Crippen molar-refractivity contribution in [2.24, 2.45) is 0 Å². The van der Waals surface area contributed by atoms with Gasteiger partial charge in [-0.25, -0.2) is 4.79 Å². The third-order valence-corrected chi connectivity index (χ3v) is 3.37. The van der Waals surface area contributed by atoms with Crippen molar-refractivity contribution in [3.05, 3.63) is 23.7 Å². The molecule has 0 bridgehead atoms. The molecular formula is C13H21NO4. The molecule has 0 unspecified atom stereocenters. The highest BCUT2D eigenvalue weighted by atomic mass is 16.5. The lowest BCUT2D eigenvalue weighted by Gasteiger charge is -2.30. The van der Waals surface area contributed by atoms with Gasteiger partial charge in [-0.05, 0) is 18.9 Å². The maximum absolute atomic E-state index is 11.3. The van der Waals surface area contributed by atoms with E-state index in [0.29, 0.717) is 17.9 Å². The lowest BCUT2D eigenvalue weighted by Crippen LogP contribution is -2.46. The summed E-state index contributed by atoms with van der Waals surface area (Å²) < 4.78 is 9.87. The van der Waals surface area contributed by atoms with Gasteiger partial charge in [0.15, 0.2) is 0 Å². The highest BCUT2D eigenvalue weighted by Gasteiger charge is 2.24. The van der Waals surface area contributed by atoms with Crippen LogP contribution in [0.5, 0.6) is 0 Å². The summed E-state index contributed by atoms with van der Waals surface area (Å²) in [6, 6.07) is 1.65. The van der Waals surface area contributed by atoms with Crippen molar-refractivity contribution in [3.8, 4) is 0 Å². The van der Waals surface area contributed by atoms with Crippen LogP contribution in [0, 0.1) is 0 Å². The molecule has 0 aromatic carbocycles. The molecule has 0 fully saturated rings. The van der Waals surface area contributed by atoms with E-state index in [9.17, 15) is 9.90 Å². The normalized spacial score (nSPS) is 11.6. The quantitative estimate of drug-likeness (QED) is 0.726. The highest BCUT2D eigenvalue weighted by molar-refractivity contribution is 5.88. The van der Waals surface area contributed by atoms with Gasteiger partial charge in [-0.3, -0.25) is 0 Å². The molecule has 0 atom stereocenters. The molecule has 0 saturated heterocycles. The fourth-order valence-electron chi connectivity index (χ4n) is 1.75. The monoisotopic (exact) mass is 255 g/mol. The van der Waals surface area contributed by atoms with Gasteiger partial charge in [0.2, 0.25) is 0 Å². The maximum atomic E-state index is 11.3. The molecule has 0 aliphatic rings. The number of methoxy groups -OCH3 is 1. The molecule has 18 heavy (non-hydrogen) atoms. The van der Waals surface area contributed by atoms with Crippen molar-refractivity contribution in [3.63, 3.8) is 0 Å². The van der Waals surface area contributed by atoms with Gasteiger partial charge < -0.3 is 19.6 Å². The van der Waals surface area contributed by atoms with Crippen LogP contribution in [0.4, 0.5) is 0 Å². The Labute approximate surface area is 107 Å². The van der Waals surface area contributed by atoms with Crippen molar-refractivity contribution in [1.29, 1.82) is 0 Å². The Hall–Kier alpha value is -1.33. The van der Waals surface area contributed by atoms with Crippen LogP contribution in [0.1, 0.15) is 42.8 Å². The molecule has 5 heteroatoms. The Morgan fingerprint density at radius 2 is 2.17 bits per heavy atom. The molecule has 1 aromatic rings. The number of aliphatic hydroxyl groups excluding tert-OH is 1. The number of rotatable bonds is 7. The molecule has 0 amide bonds. The van der Waals surface area contributed by atoms with E-state index >= 15 is 0 Å². The Morgan fingerprint density at radius 3 is 2.67 bits per heavy atom. The number of hydrogen-bond donors (Lipinski definition) is 2. The van der Waals surface area contributed by atoms with Crippen LogP contribution in [-0.2, 0) is 11.3 Å². The summed E-state index contributed by atoms with van der Waals surface area (Å²) in [6.45, 7) is 4.59. The fourth-order valence-corrected chi connectivity index (χ4v) is 1.75. The lowest BCUT2D eigenvalue weighted by molar-refractivity contribution is 0.0600. The zero-order valence-corrected chi connectivity index (χ0v) is 11.2. The molecule has 102 valence electrons. The van der Waals surface area contributed by atoms with E-state index in [1.54, 1.807) is 6.07 Å². The van der Waals surface area contributed by atoms with Crippen LogP contribution in [0.15, 0.2) is 16.7 Å². The first kappa shape index (κ1) is 14.7. The number of furan rings is 1. The Morgan fingerprint density at radius 1 is 1.50 bits per heavy atom. The van der Waals surface area contributed by atoms with Gasteiger partial charge in [0.25, 0.3) is 0 Å². The van der Waals surface area contributed by atoms with Gasteiger partial charge in [-0.1, -0.05) is 13.8 Å². The standard InChI is InChI=1S/C13H21NO4/c1-4-13(5-2,9-15)14-7-11-6-10(8-18-11)12(16)17-3/h6,8,14-15H,4-5,7,9H2,1-3H3. The number of aliphatic hydroxyl groups is 1. The van der Waals surface area contributed by atoms with Crippen LogP contribution in [0.25, 0.3) is 0 Å². The average molecular weight is 255 g/mol. The molecular weight excluding hydrogens is 234 g/mol. The van der Waals surface area contributed by atoms with Gasteiger partial charge in [-0.2, -0.15) is 0 Å². The largest absolute Gasteiger partial charge is 0.467 e. The summed E-state index contributed by atoms with van der Waals surface area (Å²) in [7, 11) is 1.33. The fraction of sp³-hybridized carbons (Fsp3) is 0.615. The number of hydrogen-bond acceptors (Lipinski definition) is 5. The summed E-state index contributed by atoms with van der Waals surface area (Å²) >= 11 is 0. The smallest absolute Gasteiger partial charge is 0.341 e. The summed E-state index contributed by atoms with van der Waals surface area (Å²) in [5.41, 5.74) is 0.106. The molecule has 0 aliphatic carbocycles. The average Bonchev–Trinajstić information content (AvgIpc) is 2.89. The van der Waals surface area contributed by atoms with E-state index < -0.39 is 5.97 Å². The first-order chi connectivity index (χ1) is 8.60. The highest BCUT2D eigenvalue weighted by Crippen LogP contribution is 2.16. The van der Waals surface area contributed by atoms with E-state index in [4.69, 9.17) is 4.42 Å². The minimum atomic E-state index is -0.413. The molecule has 0 spiro atoms. The first-order valence-electron chi connectivity index (χ1n) is 6.12. The zero-order chi connectivity index (χ0) is 13.6. The second kappa shape index (κ2) is 6.56. The second-order valence-electron chi connectivity index (χ2n) is 4.29. The summed E-state index contributed by atoms with van der Waals surface area (Å²) in [5, 5.41) is 12.7. The zero-order valence-electron chi connectivity index (χ0n) is 11.2. The number of carbonyl (C=O) groups is 1. The van der Waals surface area contributed by atoms with Crippen LogP contribution in [0.2, 0.25) is 0 Å². The lowest BCUT2D eigenvalue weighted by atomic mass is 9.94. The number of esters is 1. The van der Waals surface area contributed by atoms with E-state index in [0.717, 1.165) is 12.8 Å². The van der Waals surface area contributed by atoms with Crippen molar-refractivity contribution in [1.82, 2.24) is 5.32 Å². The summed E-state index contributed by atoms with van der Waals surface area (Å²) in [4.78, 5) is 11.3. The van der Waals surface area contributed by atoms with Crippen molar-refractivity contribution in [2.45, 2.75) is 38.8 Å². The summed E-state index contributed by atoms with van der Waals surface area (Å²) in [6.07, 6.45) is 3.02.